The van der Waals surface area contributed by atoms with E-state index in [2.05, 4.69) is 48.0 Å². The third-order valence-electron chi connectivity index (χ3n) is 5.83. The van der Waals surface area contributed by atoms with Crippen molar-refractivity contribution in [3.8, 4) is 11.1 Å². The summed E-state index contributed by atoms with van der Waals surface area (Å²) in [6.07, 6.45) is 5.91. The molecule has 0 radical (unpaired) electrons. The monoisotopic (exact) mass is 493 g/mol. The Bertz CT molecular complexity index is 1140. The number of unbranched alkanes of at least 4 members (excludes halogenated alkanes) is 5. The molecule has 0 aliphatic rings. The first-order valence-electron chi connectivity index (χ1n) is 12.3. The van der Waals surface area contributed by atoms with Gasteiger partial charge in [-0.3, -0.25) is 4.79 Å². The zero-order valence-electron chi connectivity index (χ0n) is 20.4. The zero-order valence-corrected chi connectivity index (χ0v) is 21.2. The van der Waals surface area contributed by atoms with Crippen LogP contribution in [0.1, 0.15) is 66.9 Å². The Morgan fingerprint density at radius 1 is 0.714 bits per heavy atom. The van der Waals surface area contributed by atoms with Gasteiger partial charge in [-0.05, 0) is 40.8 Å². The van der Waals surface area contributed by atoms with Crippen LogP contribution in [-0.4, -0.2) is 20.1 Å². The number of rotatable bonds is 14. The van der Waals surface area contributed by atoms with Gasteiger partial charge in [0.05, 0.1) is 19.0 Å². The minimum Gasteiger partial charge on any atom is -0.372 e. The number of benzene rings is 3. The second-order valence-corrected chi connectivity index (χ2v) is 10.6. The minimum atomic E-state index is -3.62. The van der Waals surface area contributed by atoms with Crippen LogP contribution >= 0.6 is 0 Å². The van der Waals surface area contributed by atoms with Crippen LogP contribution in [0.3, 0.4) is 0 Å². The van der Waals surface area contributed by atoms with Crippen molar-refractivity contribution in [3.05, 3.63) is 95.6 Å². The Labute approximate surface area is 209 Å². The van der Waals surface area contributed by atoms with Crippen LogP contribution in [-0.2, 0) is 28.0 Å². The molecule has 3 rings (SSSR count). The lowest BCUT2D eigenvalue weighted by Gasteiger charge is -2.09. The molecule has 0 aliphatic carbocycles. The van der Waals surface area contributed by atoms with Crippen LogP contribution in [0.5, 0.6) is 0 Å². The first-order valence-corrected chi connectivity index (χ1v) is 14.0. The van der Waals surface area contributed by atoms with Crippen molar-refractivity contribution in [2.75, 3.05) is 5.75 Å². The van der Waals surface area contributed by atoms with Crippen LogP contribution in [0.2, 0.25) is 0 Å². The van der Waals surface area contributed by atoms with Crippen molar-refractivity contribution in [2.24, 2.45) is 0 Å². The number of carbonyl (C=O) groups is 1. The maximum absolute atomic E-state index is 12.4. The van der Waals surface area contributed by atoms with Gasteiger partial charge in [0, 0.05) is 5.56 Å². The molecule has 186 valence electrons. The molecule has 0 bridgehead atoms. The standard InChI is InChI=1S/C29H35NO4S/c1-2-3-4-5-6-10-21-35(32,33)30-29(31)28-19-15-25(16-20-28)23-34-22-24-13-17-27(18-14-24)26-11-8-7-9-12-26/h7-9,11-20H,2-6,10,21-23H2,1H3,(H,30,31). The first-order chi connectivity index (χ1) is 17.0. The summed E-state index contributed by atoms with van der Waals surface area (Å²) in [6, 6.07) is 25.3. The summed E-state index contributed by atoms with van der Waals surface area (Å²) in [5, 5.41) is 0. The van der Waals surface area contributed by atoms with Gasteiger partial charge >= 0.3 is 0 Å². The molecule has 6 heteroatoms. The summed E-state index contributed by atoms with van der Waals surface area (Å²) in [7, 11) is -3.62. The van der Waals surface area contributed by atoms with E-state index in [1.165, 1.54) is 12.0 Å². The number of nitrogens with one attached hydrogen (secondary N) is 1. The Morgan fingerprint density at radius 3 is 1.89 bits per heavy atom. The second kappa shape index (κ2) is 13.8. The Kier molecular flexibility index (Phi) is 10.5. The normalized spacial score (nSPS) is 11.3. The molecule has 0 saturated heterocycles. The molecule has 0 saturated carbocycles. The third-order valence-corrected chi connectivity index (χ3v) is 7.15. The molecule has 0 spiro atoms. The van der Waals surface area contributed by atoms with E-state index in [0.29, 0.717) is 25.2 Å². The number of amides is 1. The van der Waals surface area contributed by atoms with E-state index in [4.69, 9.17) is 4.74 Å². The van der Waals surface area contributed by atoms with E-state index < -0.39 is 15.9 Å². The van der Waals surface area contributed by atoms with Crippen LogP contribution in [0.4, 0.5) is 0 Å². The summed E-state index contributed by atoms with van der Waals surface area (Å²) in [4.78, 5) is 12.4. The Morgan fingerprint density at radius 2 is 1.26 bits per heavy atom. The van der Waals surface area contributed by atoms with E-state index in [9.17, 15) is 13.2 Å². The lowest BCUT2D eigenvalue weighted by atomic mass is 10.0. The Hall–Kier alpha value is -2.96. The van der Waals surface area contributed by atoms with Crippen molar-refractivity contribution >= 4 is 15.9 Å². The molecule has 0 unspecified atom stereocenters. The average molecular weight is 494 g/mol. The molecular formula is C29H35NO4S. The molecule has 0 fully saturated rings. The first kappa shape index (κ1) is 26.6. The molecule has 0 aliphatic heterocycles. The van der Waals surface area contributed by atoms with Crippen LogP contribution in [0, 0.1) is 0 Å². The van der Waals surface area contributed by atoms with E-state index >= 15 is 0 Å². The summed E-state index contributed by atoms with van der Waals surface area (Å²) in [5.74, 6) is -0.620. The molecule has 0 aromatic heterocycles. The number of carbonyl (C=O) groups excluding carboxylic acids is 1. The summed E-state index contributed by atoms with van der Waals surface area (Å²) < 4.78 is 32.4. The van der Waals surface area contributed by atoms with Gasteiger partial charge in [-0.1, -0.05) is 106 Å². The van der Waals surface area contributed by atoms with Crippen LogP contribution in [0.15, 0.2) is 78.9 Å². The predicted octanol–water partition coefficient (Wildman–Crippen LogP) is 6.49. The third kappa shape index (κ3) is 9.30. The molecule has 0 atom stereocenters. The van der Waals surface area contributed by atoms with Crippen LogP contribution < -0.4 is 4.72 Å². The van der Waals surface area contributed by atoms with E-state index in [0.717, 1.165) is 42.4 Å². The zero-order chi connectivity index (χ0) is 24.9. The molecule has 3 aromatic rings. The molecule has 1 N–H and O–H groups in total. The summed E-state index contributed by atoms with van der Waals surface area (Å²) >= 11 is 0. The fraction of sp³-hybridized carbons (Fsp3) is 0.345. The fourth-order valence-electron chi connectivity index (χ4n) is 3.79. The molecule has 3 aromatic carbocycles. The SMILES string of the molecule is CCCCCCCCS(=O)(=O)NC(=O)c1ccc(COCc2ccc(-c3ccccc3)cc2)cc1. The molecule has 5 nitrogen and oxygen atoms in total. The average Bonchev–Trinajstić information content (AvgIpc) is 2.87. The van der Waals surface area contributed by atoms with E-state index in [1.807, 2.05) is 18.2 Å². The molecule has 35 heavy (non-hydrogen) atoms. The van der Waals surface area contributed by atoms with Gasteiger partial charge in [0.2, 0.25) is 10.0 Å². The van der Waals surface area contributed by atoms with Gasteiger partial charge in [-0.2, -0.15) is 0 Å². The smallest absolute Gasteiger partial charge is 0.264 e. The maximum atomic E-state index is 12.4. The fourth-order valence-corrected chi connectivity index (χ4v) is 4.87. The Balaban J connectivity index is 1.41. The quantitative estimate of drug-likeness (QED) is 0.261. The van der Waals surface area contributed by atoms with Gasteiger partial charge in [0.25, 0.3) is 5.91 Å². The van der Waals surface area contributed by atoms with Crippen molar-refractivity contribution in [2.45, 2.75) is 58.7 Å². The van der Waals surface area contributed by atoms with Crippen molar-refractivity contribution < 1.29 is 17.9 Å². The van der Waals surface area contributed by atoms with Gasteiger partial charge in [0.15, 0.2) is 0 Å². The number of hydrogen-bond donors (Lipinski definition) is 1. The molecule has 1 amide bonds. The van der Waals surface area contributed by atoms with Gasteiger partial charge < -0.3 is 4.74 Å². The predicted molar refractivity (Wildman–Crippen MR) is 141 cm³/mol. The highest BCUT2D eigenvalue weighted by molar-refractivity contribution is 7.90. The van der Waals surface area contributed by atoms with E-state index in [1.54, 1.807) is 24.3 Å². The minimum absolute atomic E-state index is 0.0247. The highest BCUT2D eigenvalue weighted by Crippen LogP contribution is 2.19. The topological polar surface area (TPSA) is 72.5 Å². The van der Waals surface area contributed by atoms with Crippen LogP contribution in [0.25, 0.3) is 11.1 Å². The van der Waals surface area contributed by atoms with Gasteiger partial charge in [-0.15, -0.1) is 0 Å². The molecule has 0 heterocycles. The molecular weight excluding hydrogens is 458 g/mol. The van der Waals surface area contributed by atoms with Gasteiger partial charge in [0.1, 0.15) is 0 Å². The summed E-state index contributed by atoms with van der Waals surface area (Å²) in [5.41, 5.74) is 4.65. The highest BCUT2D eigenvalue weighted by atomic mass is 32.2. The highest BCUT2D eigenvalue weighted by Gasteiger charge is 2.15. The van der Waals surface area contributed by atoms with E-state index in [-0.39, 0.29) is 5.75 Å². The maximum Gasteiger partial charge on any atom is 0.264 e. The van der Waals surface area contributed by atoms with Crippen molar-refractivity contribution in [3.63, 3.8) is 0 Å². The number of hydrogen-bond acceptors (Lipinski definition) is 4. The lowest BCUT2D eigenvalue weighted by molar-refractivity contribution is 0.0980. The van der Waals surface area contributed by atoms with Crippen molar-refractivity contribution in [1.82, 2.24) is 4.72 Å². The largest absolute Gasteiger partial charge is 0.372 e. The number of ether oxygens (including phenoxy) is 1. The number of sulfonamides is 1. The summed E-state index contributed by atoms with van der Waals surface area (Å²) in [6.45, 7) is 3.03. The van der Waals surface area contributed by atoms with Crippen molar-refractivity contribution in [1.29, 1.82) is 0 Å². The lowest BCUT2D eigenvalue weighted by Crippen LogP contribution is -2.32. The van der Waals surface area contributed by atoms with Gasteiger partial charge in [-0.25, -0.2) is 13.1 Å². The second-order valence-electron chi connectivity index (χ2n) is 8.77.